The molecule has 0 saturated heterocycles. The first-order valence-electron chi connectivity index (χ1n) is 8.33. The molecule has 4 nitrogen and oxygen atoms in total. The number of nitrogens with zero attached hydrogens (tertiary/aromatic N) is 1. The molecule has 3 rings (SSSR count). The summed E-state index contributed by atoms with van der Waals surface area (Å²) in [5.74, 6) is -0.0385. The van der Waals surface area contributed by atoms with Crippen molar-refractivity contribution in [3.8, 4) is 5.75 Å². The fourth-order valence-corrected chi connectivity index (χ4v) is 3.52. The number of carbonyl (C=O) groups excluding carboxylic acids is 1. The first kappa shape index (κ1) is 18.3. The van der Waals surface area contributed by atoms with Gasteiger partial charge in [-0.1, -0.05) is 55.9 Å². The molecule has 0 aliphatic rings. The van der Waals surface area contributed by atoms with Crippen LogP contribution in [0.1, 0.15) is 31.9 Å². The third-order valence-corrected chi connectivity index (χ3v) is 4.85. The van der Waals surface area contributed by atoms with Crippen LogP contribution in [0.25, 0.3) is 10.2 Å². The van der Waals surface area contributed by atoms with E-state index in [9.17, 15) is 9.18 Å². The number of nitrogens with one attached hydrogen (secondary N) is 1. The van der Waals surface area contributed by atoms with Gasteiger partial charge in [-0.3, -0.25) is 10.1 Å². The molecule has 3 aromatic rings. The van der Waals surface area contributed by atoms with Crippen LogP contribution in [0.4, 0.5) is 9.52 Å². The topological polar surface area (TPSA) is 51.2 Å². The summed E-state index contributed by atoms with van der Waals surface area (Å²) < 4.78 is 20.1. The summed E-state index contributed by atoms with van der Waals surface area (Å²) in [5.41, 5.74) is 2.36. The second-order valence-corrected chi connectivity index (χ2v) is 8.22. The van der Waals surface area contributed by atoms with E-state index in [0.29, 0.717) is 15.6 Å². The Kier molecular flexibility index (Phi) is 4.96. The van der Waals surface area contributed by atoms with Crippen molar-refractivity contribution in [2.45, 2.75) is 33.1 Å². The predicted molar refractivity (Wildman–Crippen MR) is 104 cm³/mol. The van der Waals surface area contributed by atoms with E-state index in [1.807, 2.05) is 19.1 Å². The zero-order valence-electron chi connectivity index (χ0n) is 15.2. The van der Waals surface area contributed by atoms with Crippen molar-refractivity contribution in [3.05, 3.63) is 53.3 Å². The zero-order valence-corrected chi connectivity index (χ0v) is 16.0. The van der Waals surface area contributed by atoms with Gasteiger partial charge in [0.2, 0.25) is 0 Å². The Morgan fingerprint density at radius 2 is 2.04 bits per heavy atom. The van der Waals surface area contributed by atoms with Crippen LogP contribution >= 0.6 is 11.3 Å². The van der Waals surface area contributed by atoms with E-state index in [4.69, 9.17) is 4.74 Å². The number of rotatable bonds is 4. The summed E-state index contributed by atoms with van der Waals surface area (Å²) in [5, 5.41) is 3.04. The Bertz CT molecular complexity index is 960. The maximum atomic E-state index is 13.7. The van der Waals surface area contributed by atoms with Crippen molar-refractivity contribution in [1.29, 1.82) is 0 Å². The SMILES string of the molecule is Cc1ccc(OCC(=O)Nc2nc3c(F)cccc3s2)c(C(C)(C)C)c1. The standard InChI is InChI=1S/C20H21FN2O2S/c1-12-8-9-15(13(10-12)20(2,3)4)25-11-17(24)22-19-23-18-14(21)6-5-7-16(18)26-19/h5-10H,11H2,1-4H3,(H,22,23,24). The van der Waals surface area contributed by atoms with Crippen molar-refractivity contribution in [2.24, 2.45) is 0 Å². The number of aryl methyl sites for hydroxylation is 1. The lowest BCUT2D eigenvalue weighted by molar-refractivity contribution is -0.118. The maximum absolute atomic E-state index is 13.7. The van der Waals surface area contributed by atoms with Crippen LogP contribution in [0.2, 0.25) is 0 Å². The molecule has 0 unspecified atom stereocenters. The molecule has 0 fully saturated rings. The first-order chi connectivity index (χ1) is 12.2. The lowest BCUT2D eigenvalue weighted by Gasteiger charge is -2.23. The third kappa shape index (κ3) is 4.02. The van der Waals surface area contributed by atoms with Gasteiger partial charge in [0.15, 0.2) is 11.7 Å². The molecule has 1 amide bonds. The Balaban J connectivity index is 1.70. The van der Waals surface area contributed by atoms with E-state index in [2.05, 4.69) is 37.1 Å². The molecule has 26 heavy (non-hydrogen) atoms. The van der Waals surface area contributed by atoms with Gasteiger partial charge < -0.3 is 4.74 Å². The van der Waals surface area contributed by atoms with Gasteiger partial charge in [-0.05, 0) is 36.1 Å². The number of para-hydroxylation sites is 1. The molecule has 0 atom stereocenters. The number of thiazole rings is 1. The lowest BCUT2D eigenvalue weighted by atomic mass is 9.85. The third-order valence-electron chi connectivity index (χ3n) is 3.92. The Morgan fingerprint density at radius 3 is 2.73 bits per heavy atom. The Labute approximate surface area is 156 Å². The molecule has 6 heteroatoms. The van der Waals surface area contributed by atoms with E-state index in [1.54, 1.807) is 12.1 Å². The molecule has 0 spiro atoms. The maximum Gasteiger partial charge on any atom is 0.264 e. The van der Waals surface area contributed by atoms with Crippen molar-refractivity contribution >= 4 is 32.6 Å². The molecule has 2 aromatic carbocycles. The molecule has 1 aromatic heterocycles. The largest absolute Gasteiger partial charge is 0.483 e. The van der Waals surface area contributed by atoms with Gasteiger partial charge in [0, 0.05) is 0 Å². The van der Waals surface area contributed by atoms with Crippen molar-refractivity contribution in [1.82, 2.24) is 4.98 Å². The zero-order chi connectivity index (χ0) is 18.9. The van der Waals surface area contributed by atoms with Crippen LogP contribution in [0.5, 0.6) is 5.75 Å². The summed E-state index contributed by atoms with van der Waals surface area (Å²) in [7, 11) is 0. The summed E-state index contributed by atoms with van der Waals surface area (Å²) in [6.45, 7) is 8.20. The van der Waals surface area contributed by atoms with Gasteiger partial charge in [-0.25, -0.2) is 9.37 Å². The molecule has 1 N–H and O–H groups in total. The Morgan fingerprint density at radius 1 is 1.27 bits per heavy atom. The van der Waals surface area contributed by atoms with E-state index in [0.717, 1.165) is 11.1 Å². The van der Waals surface area contributed by atoms with E-state index in [1.165, 1.54) is 17.4 Å². The lowest BCUT2D eigenvalue weighted by Crippen LogP contribution is -2.22. The fourth-order valence-electron chi connectivity index (χ4n) is 2.62. The average molecular weight is 372 g/mol. The smallest absolute Gasteiger partial charge is 0.264 e. The average Bonchev–Trinajstić information content (AvgIpc) is 2.96. The number of fused-ring (bicyclic) bond motifs is 1. The number of anilines is 1. The minimum absolute atomic E-state index is 0.0949. The fraction of sp³-hybridized carbons (Fsp3) is 0.300. The van der Waals surface area contributed by atoms with Crippen LogP contribution in [0.3, 0.4) is 0 Å². The van der Waals surface area contributed by atoms with Gasteiger partial charge in [-0.2, -0.15) is 0 Å². The van der Waals surface area contributed by atoms with E-state index in [-0.39, 0.29) is 23.4 Å². The second kappa shape index (κ2) is 7.03. The molecular weight excluding hydrogens is 351 g/mol. The quantitative estimate of drug-likeness (QED) is 0.696. The molecular formula is C20H21FN2O2S. The summed E-state index contributed by atoms with van der Waals surface area (Å²) in [6, 6.07) is 10.7. The highest BCUT2D eigenvalue weighted by Crippen LogP contribution is 2.32. The minimum Gasteiger partial charge on any atom is -0.483 e. The van der Waals surface area contributed by atoms with Gasteiger partial charge in [0.25, 0.3) is 5.91 Å². The molecule has 0 saturated carbocycles. The number of carbonyl (C=O) groups is 1. The highest BCUT2D eigenvalue weighted by molar-refractivity contribution is 7.22. The van der Waals surface area contributed by atoms with Crippen LogP contribution in [-0.2, 0) is 10.2 Å². The molecule has 0 aliphatic heterocycles. The number of benzene rings is 2. The second-order valence-electron chi connectivity index (χ2n) is 7.19. The highest BCUT2D eigenvalue weighted by Gasteiger charge is 2.20. The first-order valence-corrected chi connectivity index (χ1v) is 9.14. The van der Waals surface area contributed by atoms with Crippen LogP contribution in [-0.4, -0.2) is 17.5 Å². The van der Waals surface area contributed by atoms with E-state index >= 15 is 0 Å². The number of hydrogen-bond donors (Lipinski definition) is 1. The van der Waals surface area contributed by atoms with Crippen molar-refractivity contribution in [2.75, 3.05) is 11.9 Å². The minimum atomic E-state index is -0.398. The van der Waals surface area contributed by atoms with Gasteiger partial charge in [-0.15, -0.1) is 0 Å². The normalized spacial score (nSPS) is 11.6. The number of amides is 1. The molecule has 0 aliphatic carbocycles. The molecule has 0 bridgehead atoms. The van der Waals surface area contributed by atoms with Gasteiger partial charge >= 0.3 is 0 Å². The van der Waals surface area contributed by atoms with Gasteiger partial charge in [0.05, 0.1) is 4.70 Å². The van der Waals surface area contributed by atoms with E-state index < -0.39 is 5.82 Å². The summed E-state index contributed by atoms with van der Waals surface area (Å²) >= 11 is 1.23. The summed E-state index contributed by atoms with van der Waals surface area (Å²) in [4.78, 5) is 16.3. The van der Waals surface area contributed by atoms with Crippen LogP contribution in [0, 0.1) is 12.7 Å². The number of aromatic nitrogens is 1. The van der Waals surface area contributed by atoms with Gasteiger partial charge in [0.1, 0.15) is 17.1 Å². The number of ether oxygens (including phenoxy) is 1. The molecule has 136 valence electrons. The number of halogens is 1. The molecule has 0 radical (unpaired) electrons. The summed E-state index contributed by atoms with van der Waals surface area (Å²) in [6.07, 6.45) is 0. The van der Waals surface area contributed by atoms with Crippen molar-refractivity contribution < 1.29 is 13.9 Å². The Hall–Kier alpha value is -2.47. The van der Waals surface area contributed by atoms with Crippen LogP contribution < -0.4 is 10.1 Å². The molecule has 1 heterocycles. The predicted octanol–water partition coefficient (Wildman–Crippen LogP) is 5.06. The number of hydrogen-bond acceptors (Lipinski definition) is 4. The van der Waals surface area contributed by atoms with Crippen LogP contribution in [0.15, 0.2) is 36.4 Å². The monoisotopic (exact) mass is 372 g/mol. The highest BCUT2D eigenvalue weighted by atomic mass is 32.1. The van der Waals surface area contributed by atoms with Crippen molar-refractivity contribution in [3.63, 3.8) is 0 Å².